The zero-order chi connectivity index (χ0) is 82.5. The number of ketones is 4. The summed E-state index contributed by atoms with van der Waals surface area (Å²) in [4.78, 5) is 153. The maximum Gasteiger partial charge on any atom is 0.391 e. The number of amides is 8. The molecule has 8 aliphatic heterocycles. The van der Waals surface area contributed by atoms with Crippen LogP contribution in [0.1, 0.15) is 178 Å². The maximum absolute atomic E-state index is 13.1. The number of aliphatic hydroxyl groups excluding tert-OH is 1. The molecule has 0 aromatic carbocycles. The molecule has 0 radical (unpaired) electrons. The van der Waals surface area contributed by atoms with Crippen molar-refractivity contribution in [2.24, 2.45) is 23.2 Å². The van der Waals surface area contributed by atoms with Gasteiger partial charge in [0.25, 0.3) is 0 Å². The standard InChI is InChI=1S/C23H27N5O2.C22H25N5O3.C21H25N5O2.C19H20F3N5O3/c29-20(14-16-6-2-1-3-7-16)18-9-10-19-22(25-18)28(17-11-13-27(19)15-17)23(30)26-21-8-4-5-12-24-21;28-14-22(9-10-22)8-6-18(29)16-4-5-17-20(24-16)27(15-7-12-26(17)13-15)21(30)25-19-3-1-2-11-23-19;1-3-14(2)12-18(27)16-7-8-17-20(23-16)26(15-9-11-25(17)13-15)21(28)24-19-6-4-5-10-22-19;1-10(19(20,21)22)7-15(28)13-3-4-14-17(24-13)27(12-5-6-26(14)8-12)18(29)25-16-9-30-11(2)23-16/h4-5,8-10,12,16-17H,1-3,6-7,11,13-15H2,(H,24,26,30);1-5,11,15,28H,6-10,12-14H2,(H,23,25,30);4-8,10,14-15H,3,9,11-13H2,1-2H3,(H,22,24,28);3-4,9-10,12H,5-8H2,1-2H3,(H,25,29)/t17-;15-;14-,15-;10-,12-/m0000/s1. The van der Waals surface area contributed by atoms with Gasteiger partial charge in [0.2, 0.25) is 0 Å². The molecule has 2 saturated carbocycles. The molecule has 8 amide bonds. The van der Waals surface area contributed by atoms with Crippen molar-refractivity contribution in [2.75, 3.05) is 119 Å². The Balaban J connectivity index is 0.000000123. The smallest absolute Gasteiger partial charge is 0.391 e. The number of nitrogens with one attached hydrogen (secondary N) is 4. The van der Waals surface area contributed by atoms with Gasteiger partial charge in [-0.3, -0.25) is 60.0 Å². The van der Waals surface area contributed by atoms with Gasteiger partial charge in [-0.15, -0.1) is 0 Å². The number of rotatable bonds is 19. The average molecular weight is 1620 g/mol. The summed E-state index contributed by atoms with van der Waals surface area (Å²) in [5.41, 5.74) is 4.49. The summed E-state index contributed by atoms with van der Waals surface area (Å²) in [5, 5.41) is 20.7. The monoisotopic (exact) mass is 1610 g/mol. The Morgan fingerprint density at radius 2 is 0.856 bits per heavy atom. The van der Waals surface area contributed by atoms with Gasteiger partial charge in [-0.1, -0.05) is 77.5 Å². The number of aliphatic hydroxyl groups is 1. The third-order valence-corrected chi connectivity index (χ3v) is 24.0. The molecule has 4 saturated heterocycles. The lowest BCUT2D eigenvalue weighted by Crippen LogP contribution is -2.48. The van der Waals surface area contributed by atoms with E-state index in [1.807, 2.05) is 53.4 Å². The average Bonchev–Trinajstić information content (AvgIpc) is 1.53. The van der Waals surface area contributed by atoms with Crippen LogP contribution in [0.2, 0.25) is 0 Å². The lowest BCUT2D eigenvalue weighted by molar-refractivity contribution is -0.168. The largest absolute Gasteiger partial charge is 0.447 e. The van der Waals surface area contributed by atoms with Crippen LogP contribution >= 0.6 is 0 Å². The van der Waals surface area contributed by atoms with Crippen molar-refractivity contribution in [1.29, 1.82) is 0 Å². The highest BCUT2D eigenvalue weighted by molar-refractivity contribution is 6.09. The minimum Gasteiger partial charge on any atom is -0.447 e. The fraction of sp³-hybridized carbons (Fsp3) is 0.459. The first-order valence-electron chi connectivity index (χ1n) is 40.9. The molecule has 0 spiro atoms. The van der Waals surface area contributed by atoms with E-state index in [2.05, 4.69) is 84.7 Å². The molecular weight excluding hydrogens is 1520 g/mol. The number of pyridine rings is 7. The molecule has 618 valence electrons. The van der Waals surface area contributed by atoms with Crippen molar-refractivity contribution in [3.05, 3.63) is 157 Å². The molecule has 118 heavy (non-hydrogen) atoms. The van der Waals surface area contributed by atoms with Gasteiger partial charge in [0.1, 0.15) is 46.5 Å². The Labute approximate surface area is 680 Å². The zero-order valence-corrected chi connectivity index (χ0v) is 66.5. The van der Waals surface area contributed by atoms with Crippen LogP contribution in [0.4, 0.5) is 102 Å². The number of carbonyl (C=O) groups is 8. The summed E-state index contributed by atoms with van der Waals surface area (Å²) < 4.78 is 43.6. The molecule has 8 aromatic rings. The SMILES string of the molecule is CC[C@H](C)CC(=O)c1ccc2c(n1)N(C(=O)Nc1ccccn1)[C@H]1CCN2C1.Cc1nc(NC(=O)N2c3nc(C(=O)C[C@H](C)C(F)(F)F)ccc3N3CC[C@H]2C3)co1.O=C(CC1CCCCC1)c1ccc2c(n1)N(C(=O)Nc1ccccn1)[C@H]1CCN2C1.O=C(CCC1(CO)CC1)c1ccc2c(n1)N(C(=O)Nc1ccccn1)[C@H]1CCN2C1. The number of alkyl halides is 3. The van der Waals surface area contributed by atoms with Gasteiger partial charge in [-0.05, 0) is 147 Å². The second kappa shape index (κ2) is 35.0. The number of carbonyl (C=O) groups excluding carboxylic acids is 8. The second-order valence-corrected chi connectivity index (χ2v) is 32.2. The fourth-order valence-corrected chi connectivity index (χ4v) is 16.9. The number of aromatic nitrogens is 8. The highest BCUT2D eigenvalue weighted by atomic mass is 19.4. The molecule has 2 aliphatic carbocycles. The quantitative estimate of drug-likeness (QED) is 0.0469. The number of aryl methyl sites for hydroxylation is 1. The molecule has 10 aliphatic rings. The molecule has 6 fully saturated rings. The minimum atomic E-state index is -4.46. The Morgan fingerprint density at radius 1 is 0.483 bits per heavy atom. The first-order chi connectivity index (χ1) is 57.0. The molecule has 30 nitrogen and oxygen atoms in total. The van der Waals surface area contributed by atoms with Gasteiger partial charge in [0.15, 0.2) is 58.1 Å². The highest BCUT2D eigenvalue weighted by Gasteiger charge is 2.47. The molecule has 16 heterocycles. The fourth-order valence-electron chi connectivity index (χ4n) is 16.9. The number of Topliss-reactive ketones (excluding diaryl/α,β-unsaturated/α-hetero) is 4. The predicted octanol–water partition coefficient (Wildman–Crippen LogP) is 14.6. The van der Waals surface area contributed by atoms with Crippen LogP contribution in [0.3, 0.4) is 0 Å². The normalized spacial score (nSPS) is 19.7. The van der Waals surface area contributed by atoms with E-state index in [-0.39, 0.29) is 89.0 Å². The van der Waals surface area contributed by atoms with Crippen LogP contribution in [-0.4, -0.2) is 182 Å². The predicted molar refractivity (Wildman–Crippen MR) is 440 cm³/mol. The summed E-state index contributed by atoms with van der Waals surface area (Å²) in [6.45, 7) is 13.2. The number of anilines is 12. The maximum atomic E-state index is 13.1. The molecule has 8 aromatic heterocycles. The highest BCUT2D eigenvalue weighted by Crippen LogP contribution is 2.50. The van der Waals surface area contributed by atoms with E-state index in [4.69, 9.17) is 9.40 Å². The third kappa shape index (κ3) is 18.1. The topological polar surface area (TPSA) is 347 Å². The molecular formula is C85H97F3N20O10. The van der Waals surface area contributed by atoms with Crippen LogP contribution in [0.5, 0.6) is 0 Å². The van der Waals surface area contributed by atoms with Gasteiger partial charge in [-0.25, -0.2) is 54.1 Å². The number of halogens is 3. The molecule has 8 bridgehead atoms. The lowest BCUT2D eigenvalue weighted by atomic mass is 9.85. The molecule has 6 atom stereocenters. The first-order valence-corrected chi connectivity index (χ1v) is 40.9. The Morgan fingerprint density at radius 3 is 1.19 bits per heavy atom. The van der Waals surface area contributed by atoms with Crippen LogP contribution in [0.15, 0.2) is 132 Å². The van der Waals surface area contributed by atoms with Gasteiger partial charge < -0.3 is 29.1 Å². The van der Waals surface area contributed by atoms with E-state index < -0.39 is 30.3 Å². The van der Waals surface area contributed by atoms with Crippen molar-refractivity contribution in [2.45, 2.75) is 167 Å². The molecule has 5 N–H and O–H groups in total. The third-order valence-electron chi connectivity index (χ3n) is 24.0. The summed E-state index contributed by atoms with van der Waals surface area (Å²) in [6.07, 6.45) is 15.3. The Hall–Kier alpha value is -12.0. The zero-order valence-electron chi connectivity index (χ0n) is 66.5. The Kier molecular flexibility index (Phi) is 24.1. The number of hydrogen-bond donors (Lipinski definition) is 5. The lowest BCUT2D eigenvalue weighted by Gasteiger charge is -2.35. The minimum absolute atomic E-state index is 0.0168. The van der Waals surface area contributed by atoms with Crippen LogP contribution in [0, 0.1) is 30.1 Å². The first kappa shape index (κ1) is 81.1. The number of fused-ring (bicyclic) bond motifs is 16. The summed E-state index contributed by atoms with van der Waals surface area (Å²) >= 11 is 0. The molecule has 18 rings (SSSR count). The van der Waals surface area contributed by atoms with E-state index in [1.165, 1.54) is 36.5 Å². The number of oxazole rings is 1. The van der Waals surface area contributed by atoms with E-state index in [9.17, 15) is 56.6 Å². The van der Waals surface area contributed by atoms with E-state index in [0.29, 0.717) is 121 Å². The van der Waals surface area contributed by atoms with Gasteiger partial charge >= 0.3 is 30.3 Å². The van der Waals surface area contributed by atoms with Crippen molar-refractivity contribution in [3.8, 4) is 0 Å². The van der Waals surface area contributed by atoms with E-state index in [0.717, 1.165) is 115 Å². The summed E-state index contributed by atoms with van der Waals surface area (Å²) in [7, 11) is 0. The van der Waals surface area contributed by atoms with Gasteiger partial charge in [-0.2, -0.15) is 18.2 Å². The van der Waals surface area contributed by atoms with Gasteiger partial charge in [0, 0.05) is 110 Å². The van der Waals surface area contributed by atoms with Crippen LogP contribution in [-0.2, 0) is 0 Å². The van der Waals surface area contributed by atoms with Gasteiger partial charge in [0.05, 0.1) is 52.8 Å². The number of nitrogens with zero attached hydrogens (tertiary/aromatic N) is 16. The van der Waals surface area contributed by atoms with E-state index in [1.54, 1.807) is 88.7 Å². The van der Waals surface area contributed by atoms with Crippen molar-refractivity contribution >= 4 is 117 Å². The molecule has 0 unspecified atom stereocenters. The number of hydrogen-bond acceptors (Lipinski definition) is 22. The van der Waals surface area contributed by atoms with Crippen molar-refractivity contribution in [1.82, 2.24) is 39.9 Å². The Bertz CT molecular complexity index is 5040. The summed E-state index contributed by atoms with van der Waals surface area (Å²) in [5.74, 6) is 2.41. The second-order valence-electron chi connectivity index (χ2n) is 32.2. The summed E-state index contributed by atoms with van der Waals surface area (Å²) in [6, 6.07) is 29.0. The van der Waals surface area contributed by atoms with Crippen LogP contribution in [0.25, 0.3) is 0 Å². The van der Waals surface area contributed by atoms with Crippen molar-refractivity contribution in [3.63, 3.8) is 0 Å². The number of urea groups is 4. The van der Waals surface area contributed by atoms with Crippen molar-refractivity contribution < 1.29 is 61.1 Å². The van der Waals surface area contributed by atoms with Crippen LogP contribution < -0.4 is 60.5 Å². The molecule has 33 heteroatoms. The van der Waals surface area contributed by atoms with E-state index >= 15 is 0 Å².